The molecular weight excluding hydrogens is 245 g/mol. The highest BCUT2D eigenvalue weighted by Gasteiger charge is 2.51. The number of hydrogen-bond donors (Lipinski definition) is 0. The minimum atomic E-state index is -2.39. The lowest BCUT2D eigenvalue weighted by molar-refractivity contribution is -0.154. The van der Waals surface area contributed by atoms with Crippen LogP contribution in [0.5, 0.6) is 0 Å². The molecule has 0 aromatic carbocycles. The van der Waals surface area contributed by atoms with Gasteiger partial charge in [-0.1, -0.05) is 0 Å². The largest absolute Gasteiger partial charge is 0.407 e. The van der Waals surface area contributed by atoms with Crippen molar-refractivity contribution in [3.05, 3.63) is 11.2 Å². The molecule has 0 aromatic rings. The predicted octanol–water partition coefficient (Wildman–Crippen LogP) is 2.70. The third-order valence-electron chi connectivity index (χ3n) is 2.05. The molecule has 1 rings (SSSR count). The maximum atomic E-state index is 13.1. The van der Waals surface area contributed by atoms with Gasteiger partial charge in [0.25, 0.3) is 11.2 Å². The van der Waals surface area contributed by atoms with Crippen LogP contribution < -0.4 is 0 Å². The fourth-order valence-corrected chi connectivity index (χ4v) is 2.58. The third kappa shape index (κ3) is 3.13. The van der Waals surface area contributed by atoms with Gasteiger partial charge in [-0.15, -0.1) is 4.39 Å². The molecule has 0 radical (unpaired) electrons. The van der Waals surface area contributed by atoms with Crippen LogP contribution in [0.25, 0.3) is 0 Å². The lowest BCUT2D eigenvalue weighted by Gasteiger charge is -2.28. The Labute approximate surface area is 95.1 Å². The smallest absolute Gasteiger partial charge is 0.308 e. The predicted molar refractivity (Wildman–Crippen MR) is 54.2 cm³/mol. The van der Waals surface area contributed by atoms with E-state index in [0.29, 0.717) is 0 Å². The van der Waals surface area contributed by atoms with Crippen molar-refractivity contribution in [2.75, 3.05) is 6.61 Å². The molecule has 1 fully saturated rings. The summed E-state index contributed by atoms with van der Waals surface area (Å²) >= 11 is -1.79. The van der Waals surface area contributed by atoms with Gasteiger partial charge >= 0.3 is 16.9 Å². The van der Waals surface area contributed by atoms with Crippen LogP contribution in [0.1, 0.15) is 20.8 Å². The molecule has 94 valence electrons. The molecule has 1 aliphatic rings. The summed E-state index contributed by atoms with van der Waals surface area (Å²) < 4.78 is 53.0. The van der Waals surface area contributed by atoms with Gasteiger partial charge in [-0.05, 0) is 20.8 Å². The van der Waals surface area contributed by atoms with Crippen LogP contribution in [0.2, 0.25) is 0 Å². The second kappa shape index (κ2) is 5.90. The Balaban J connectivity index is 2.82. The minimum Gasteiger partial charge on any atom is -0.308 e. The van der Waals surface area contributed by atoms with Crippen molar-refractivity contribution in [1.29, 1.82) is 0 Å². The molecule has 1 aliphatic heterocycles. The molecule has 0 aromatic heterocycles. The first-order chi connectivity index (χ1) is 7.47. The highest BCUT2D eigenvalue weighted by molar-refractivity contribution is 7.96. The van der Waals surface area contributed by atoms with Crippen molar-refractivity contribution < 1.29 is 26.8 Å². The summed E-state index contributed by atoms with van der Waals surface area (Å²) in [5.74, 6) is 0. The Hall–Kier alpha value is -0.240. The first-order valence-electron chi connectivity index (χ1n) is 4.85. The molecular formula is C9H14F3O3S+. The van der Waals surface area contributed by atoms with E-state index in [2.05, 4.69) is 0 Å². The SMILES string of the molecule is CCO[C@H]1OC(C)C(C)O[S+]1C(F)=C(F)F. The molecule has 0 bridgehead atoms. The topological polar surface area (TPSA) is 27.7 Å². The molecule has 0 saturated carbocycles. The van der Waals surface area contributed by atoms with Crippen molar-refractivity contribution in [2.24, 2.45) is 0 Å². The first kappa shape index (κ1) is 13.8. The zero-order chi connectivity index (χ0) is 12.3. The summed E-state index contributed by atoms with van der Waals surface area (Å²) in [5, 5.41) is -1.60. The van der Waals surface area contributed by atoms with E-state index in [1.54, 1.807) is 20.8 Å². The average Bonchev–Trinajstić information content (AvgIpc) is 2.22. The van der Waals surface area contributed by atoms with Crippen molar-refractivity contribution in [2.45, 2.75) is 38.6 Å². The number of halogens is 3. The van der Waals surface area contributed by atoms with Gasteiger partial charge in [-0.3, -0.25) is 0 Å². The second-order valence-corrected chi connectivity index (χ2v) is 4.75. The fourth-order valence-electron chi connectivity index (χ4n) is 1.06. The van der Waals surface area contributed by atoms with Crippen LogP contribution in [0, 0.1) is 0 Å². The molecule has 7 heteroatoms. The van der Waals surface area contributed by atoms with E-state index in [9.17, 15) is 13.2 Å². The maximum absolute atomic E-state index is 13.1. The van der Waals surface area contributed by atoms with Crippen LogP contribution in [-0.2, 0) is 24.8 Å². The Morgan fingerprint density at radius 2 is 1.88 bits per heavy atom. The summed E-state index contributed by atoms with van der Waals surface area (Å²) in [6.07, 6.45) is -3.17. The third-order valence-corrected chi connectivity index (χ3v) is 3.66. The van der Waals surface area contributed by atoms with E-state index in [4.69, 9.17) is 13.7 Å². The lowest BCUT2D eigenvalue weighted by Crippen LogP contribution is -2.45. The van der Waals surface area contributed by atoms with Crippen molar-refractivity contribution >= 4 is 11.2 Å². The summed E-state index contributed by atoms with van der Waals surface area (Å²) in [7, 11) is 0. The quantitative estimate of drug-likeness (QED) is 0.729. The van der Waals surface area contributed by atoms with Gasteiger partial charge in [0, 0.05) is 0 Å². The van der Waals surface area contributed by atoms with Crippen LogP contribution in [0.15, 0.2) is 11.2 Å². The van der Waals surface area contributed by atoms with Crippen LogP contribution in [0.3, 0.4) is 0 Å². The molecule has 3 nitrogen and oxygen atoms in total. The van der Waals surface area contributed by atoms with Gasteiger partial charge in [0.1, 0.15) is 6.10 Å². The van der Waals surface area contributed by atoms with Crippen molar-refractivity contribution in [1.82, 2.24) is 0 Å². The van der Waals surface area contributed by atoms with Gasteiger partial charge in [-0.2, -0.15) is 13.0 Å². The minimum absolute atomic E-state index is 0.236. The van der Waals surface area contributed by atoms with Crippen LogP contribution >= 0.6 is 0 Å². The summed E-state index contributed by atoms with van der Waals surface area (Å²) in [5.41, 5.74) is -1.10. The Morgan fingerprint density at radius 3 is 2.38 bits per heavy atom. The second-order valence-electron chi connectivity index (χ2n) is 3.22. The molecule has 1 saturated heterocycles. The average molecular weight is 259 g/mol. The van der Waals surface area contributed by atoms with Gasteiger partial charge in [0.05, 0.1) is 12.7 Å². The standard InChI is InChI=1S/C9H14F3O3S/c1-4-13-9-14-5(2)6(3)15-16(9)8(12)7(10)11/h5-6,9H,4H2,1-3H3/q+1/t5?,6?,9-,16?/m0/s1. The highest BCUT2D eigenvalue weighted by Crippen LogP contribution is 2.32. The Bertz CT molecular complexity index is 271. The molecule has 4 atom stereocenters. The lowest BCUT2D eigenvalue weighted by atomic mass is 10.3. The summed E-state index contributed by atoms with van der Waals surface area (Å²) in [6, 6.07) is 0. The van der Waals surface area contributed by atoms with Gasteiger partial charge < -0.3 is 9.47 Å². The monoisotopic (exact) mass is 259 g/mol. The van der Waals surface area contributed by atoms with E-state index >= 15 is 0 Å². The zero-order valence-electron chi connectivity index (χ0n) is 9.21. The van der Waals surface area contributed by atoms with E-state index in [-0.39, 0.29) is 12.7 Å². The number of ether oxygens (including phenoxy) is 2. The van der Waals surface area contributed by atoms with Gasteiger partial charge in [0.2, 0.25) is 0 Å². The summed E-state index contributed by atoms with van der Waals surface area (Å²) in [4.78, 5) is 0. The molecule has 0 N–H and O–H groups in total. The van der Waals surface area contributed by atoms with Crippen LogP contribution in [-0.4, -0.2) is 24.4 Å². The number of rotatable bonds is 3. The molecule has 0 spiro atoms. The molecule has 0 amide bonds. The van der Waals surface area contributed by atoms with Crippen molar-refractivity contribution in [3.8, 4) is 0 Å². The van der Waals surface area contributed by atoms with E-state index in [1.165, 1.54) is 0 Å². The fraction of sp³-hybridized carbons (Fsp3) is 0.778. The van der Waals surface area contributed by atoms with Crippen LogP contribution in [0.4, 0.5) is 13.2 Å². The van der Waals surface area contributed by atoms with E-state index < -0.39 is 34.1 Å². The highest BCUT2D eigenvalue weighted by atomic mass is 32.2. The Kier molecular flexibility index (Phi) is 5.10. The maximum Gasteiger partial charge on any atom is 0.407 e. The van der Waals surface area contributed by atoms with Crippen molar-refractivity contribution in [3.63, 3.8) is 0 Å². The van der Waals surface area contributed by atoms with E-state index in [1.807, 2.05) is 0 Å². The van der Waals surface area contributed by atoms with Gasteiger partial charge in [-0.25, -0.2) is 0 Å². The zero-order valence-corrected chi connectivity index (χ0v) is 10.0. The number of hydrogen-bond acceptors (Lipinski definition) is 3. The molecule has 0 aliphatic carbocycles. The van der Waals surface area contributed by atoms with Gasteiger partial charge in [0.15, 0.2) is 0 Å². The Morgan fingerprint density at radius 1 is 1.25 bits per heavy atom. The molecule has 16 heavy (non-hydrogen) atoms. The van der Waals surface area contributed by atoms with E-state index in [0.717, 1.165) is 0 Å². The first-order valence-corrected chi connectivity index (χ1v) is 6.06. The molecule has 1 heterocycles. The normalized spacial score (nSPS) is 34.9. The molecule has 3 unspecified atom stereocenters. The summed E-state index contributed by atoms with van der Waals surface area (Å²) in [6.45, 7) is 5.25.